The quantitative estimate of drug-likeness (QED) is 0.507. The number of pyridine rings is 2. The molecule has 132 valence electrons. The zero-order chi connectivity index (χ0) is 24.7. The van der Waals surface area contributed by atoms with Crippen molar-refractivity contribution in [3.05, 3.63) is 84.6 Å². The van der Waals surface area contributed by atoms with Gasteiger partial charge in [0, 0.05) is 30.5 Å². The Bertz CT molecular complexity index is 1470. The summed E-state index contributed by atoms with van der Waals surface area (Å²) in [4.78, 5) is 25.5. The molecule has 0 amide bonds. The van der Waals surface area contributed by atoms with E-state index in [4.69, 9.17) is 9.60 Å². The molecule has 0 fully saturated rings. The molecular weight excluding hydrogens is 336 g/mol. The summed E-state index contributed by atoms with van der Waals surface area (Å²) in [5.74, 6) is -0.760. The minimum atomic E-state index is -0.760. The molecular formula is C22H18N4O. The molecule has 0 bridgehead atoms. The Kier molecular flexibility index (Phi) is 2.86. The fourth-order valence-electron chi connectivity index (χ4n) is 2.58. The standard InChI is InChI=1S/C22H18N4O/c1-26-15-23-14-22(26)21-10-17-9-19(24-12-18(17)13-25-21)11-20(27)8-7-16-5-3-2-4-6-16/h2-10,12-15H,11H2,1H3/b8-7+/i2D,3D,4D,5D,6D,7D,8D. The first kappa shape index (κ1) is 10.5. The number of hydrogen-bond donors (Lipinski definition) is 0. The van der Waals surface area contributed by atoms with E-state index in [0.29, 0.717) is 11.4 Å². The second-order valence-electron chi connectivity index (χ2n) is 5.83. The van der Waals surface area contributed by atoms with E-state index in [-0.39, 0.29) is 6.42 Å². The molecule has 27 heavy (non-hydrogen) atoms. The van der Waals surface area contributed by atoms with Crippen molar-refractivity contribution in [3.63, 3.8) is 0 Å². The predicted molar refractivity (Wildman–Crippen MR) is 106 cm³/mol. The van der Waals surface area contributed by atoms with Crippen molar-refractivity contribution >= 4 is 22.6 Å². The largest absolute Gasteiger partial charge is 0.332 e. The zero-order valence-electron chi connectivity index (χ0n) is 21.4. The maximum Gasteiger partial charge on any atom is 0.161 e. The highest BCUT2D eigenvalue weighted by Crippen LogP contribution is 2.21. The molecule has 0 saturated heterocycles. The maximum atomic E-state index is 12.7. The molecule has 0 radical (unpaired) electrons. The third-order valence-electron chi connectivity index (χ3n) is 3.91. The van der Waals surface area contributed by atoms with Gasteiger partial charge in [-0.05, 0) is 29.1 Å². The lowest BCUT2D eigenvalue weighted by molar-refractivity contribution is -0.114. The highest BCUT2D eigenvalue weighted by Gasteiger charge is 2.07. The number of carbonyl (C=O) groups excluding carboxylic acids is 1. The topological polar surface area (TPSA) is 60.7 Å². The van der Waals surface area contributed by atoms with E-state index in [0.717, 1.165) is 16.5 Å². The van der Waals surface area contributed by atoms with E-state index in [1.807, 2.05) is 17.7 Å². The molecule has 3 heterocycles. The van der Waals surface area contributed by atoms with E-state index in [1.165, 1.54) is 0 Å². The zero-order valence-corrected chi connectivity index (χ0v) is 14.4. The number of carbonyl (C=O) groups is 1. The Morgan fingerprint density at radius 2 is 1.96 bits per heavy atom. The molecule has 3 aromatic heterocycles. The van der Waals surface area contributed by atoms with Crippen molar-refractivity contribution < 1.29 is 14.4 Å². The molecule has 0 aliphatic carbocycles. The molecule has 0 atom stereocenters. The second-order valence-corrected chi connectivity index (χ2v) is 5.83. The summed E-state index contributed by atoms with van der Waals surface area (Å²) in [6.07, 6.45) is 6.27. The van der Waals surface area contributed by atoms with Crippen molar-refractivity contribution in [2.75, 3.05) is 0 Å². The first-order valence-corrected chi connectivity index (χ1v) is 8.09. The normalized spacial score (nSPS) is 15.7. The number of allylic oxidation sites excluding steroid dienone is 1. The van der Waals surface area contributed by atoms with Crippen LogP contribution in [0, 0.1) is 0 Å². The molecule has 0 N–H and O–H groups in total. The van der Waals surface area contributed by atoms with Gasteiger partial charge in [-0.1, -0.05) is 36.3 Å². The monoisotopic (exact) mass is 361 g/mol. The van der Waals surface area contributed by atoms with Crippen LogP contribution in [0.15, 0.2) is 73.3 Å². The predicted octanol–water partition coefficient (Wildman–Crippen LogP) is 3.86. The van der Waals surface area contributed by atoms with Gasteiger partial charge in [0.05, 0.1) is 39.9 Å². The van der Waals surface area contributed by atoms with Crippen molar-refractivity contribution in [3.8, 4) is 11.4 Å². The van der Waals surface area contributed by atoms with Gasteiger partial charge in [-0.2, -0.15) is 0 Å². The summed E-state index contributed by atoms with van der Waals surface area (Å²) >= 11 is 0. The summed E-state index contributed by atoms with van der Waals surface area (Å²) in [6, 6.07) is -1.09. The van der Waals surface area contributed by atoms with Gasteiger partial charge in [0.15, 0.2) is 5.78 Å². The summed E-state index contributed by atoms with van der Waals surface area (Å²) < 4.78 is 57.2. The fraction of sp³-hybridized carbons (Fsp3) is 0.0909. The van der Waals surface area contributed by atoms with Crippen molar-refractivity contribution in [1.29, 1.82) is 0 Å². The average molecular weight is 361 g/mol. The van der Waals surface area contributed by atoms with Crippen LogP contribution in [0.5, 0.6) is 0 Å². The van der Waals surface area contributed by atoms with Gasteiger partial charge in [0.2, 0.25) is 0 Å². The SMILES string of the molecule is [2H]/C(C(=O)Cc1cc2cc(-c3cncn3C)ncc2cn1)=C(/[2H])c1c([2H])c([2H])c([2H])c([2H])c1[2H]. The third-order valence-corrected chi connectivity index (χ3v) is 3.91. The van der Waals surface area contributed by atoms with Gasteiger partial charge in [-0.3, -0.25) is 14.8 Å². The van der Waals surface area contributed by atoms with E-state index >= 15 is 0 Å². The van der Waals surface area contributed by atoms with Crippen molar-refractivity contribution in [1.82, 2.24) is 19.5 Å². The number of aryl methyl sites for hydroxylation is 1. The lowest BCUT2D eigenvalue weighted by Gasteiger charge is -2.05. The maximum absolute atomic E-state index is 12.7. The third kappa shape index (κ3) is 3.82. The van der Waals surface area contributed by atoms with Crippen LogP contribution in [-0.2, 0) is 18.3 Å². The Hall–Kier alpha value is -3.60. The number of ketones is 1. The van der Waals surface area contributed by atoms with Gasteiger partial charge in [0.25, 0.3) is 0 Å². The fourth-order valence-corrected chi connectivity index (χ4v) is 2.58. The summed E-state index contributed by atoms with van der Waals surface area (Å²) in [5, 5.41) is 1.53. The minimum Gasteiger partial charge on any atom is -0.332 e. The molecule has 5 nitrogen and oxygen atoms in total. The first-order chi connectivity index (χ1) is 16.1. The van der Waals surface area contributed by atoms with Gasteiger partial charge in [0.1, 0.15) is 0 Å². The van der Waals surface area contributed by atoms with E-state index in [9.17, 15) is 4.79 Å². The lowest BCUT2D eigenvalue weighted by Crippen LogP contribution is -2.01. The van der Waals surface area contributed by atoms with Crippen molar-refractivity contribution in [2.45, 2.75) is 6.42 Å². The smallest absolute Gasteiger partial charge is 0.161 e. The highest BCUT2D eigenvalue weighted by atomic mass is 16.1. The van der Waals surface area contributed by atoms with Crippen LogP contribution in [0.4, 0.5) is 0 Å². The van der Waals surface area contributed by atoms with E-state index in [2.05, 4.69) is 15.0 Å². The van der Waals surface area contributed by atoms with Crippen molar-refractivity contribution in [2.24, 2.45) is 7.05 Å². The number of benzene rings is 1. The van der Waals surface area contributed by atoms with Crippen LogP contribution in [0.3, 0.4) is 0 Å². The lowest BCUT2D eigenvalue weighted by atomic mass is 10.1. The highest BCUT2D eigenvalue weighted by molar-refractivity contribution is 5.95. The number of aromatic nitrogens is 4. The van der Waals surface area contributed by atoms with E-state index in [1.54, 1.807) is 31.0 Å². The Labute approximate surface area is 166 Å². The minimum absolute atomic E-state index is 0.292. The molecule has 0 saturated carbocycles. The number of hydrogen-bond acceptors (Lipinski definition) is 4. The Balaban J connectivity index is 1.68. The van der Waals surface area contributed by atoms with Gasteiger partial charge < -0.3 is 4.57 Å². The van der Waals surface area contributed by atoms with E-state index < -0.39 is 53.7 Å². The van der Waals surface area contributed by atoms with Gasteiger partial charge in [-0.15, -0.1) is 0 Å². The van der Waals surface area contributed by atoms with Gasteiger partial charge in [-0.25, -0.2) is 4.98 Å². The summed E-state index contributed by atoms with van der Waals surface area (Å²) in [6.45, 7) is 0. The molecule has 0 aliphatic heterocycles. The number of rotatable bonds is 5. The average Bonchev–Trinajstić information content (AvgIpc) is 3.26. The van der Waals surface area contributed by atoms with Crippen LogP contribution < -0.4 is 0 Å². The molecule has 0 unspecified atom stereocenters. The molecule has 5 heteroatoms. The number of imidazole rings is 1. The number of nitrogens with zero attached hydrogens (tertiary/aromatic N) is 4. The Morgan fingerprint density at radius 3 is 2.74 bits per heavy atom. The second kappa shape index (κ2) is 7.33. The summed E-state index contributed by atoms with van der Waals surface area (Å²) in [7, 11) is 1.85. The van der Waals surface area contributed by atoms with Crippen LogP contribution in [0.25, 0.3) is 28.2 Å². The molecule has 4 rings (SSSR count). The molecule has 1 aromatic carbocycles. The molecule has 0 aliphatic rings. The van der Waals surface area contributed by atoms with Crippen LogP contribution in [0.2, 0.25) is 0 Å². The summed E-state index contributed by atoms with van der Waals surface area (Å²) in [5.41, 5.74) is 1.37. The first-order valence-electron chi connectivity index (χ1n) is 11.6. The van der Waals surface area contributed by atoms with Crippen LogP contribution in [0.1, 0.15) is 20.9 Å². The molecule has 4 aromatic rings. The molecule has 0 spiro atoms. The number of fused-ring (bicyclic) bond motifs is 1. The van der Waals surface area contributed by atoms with Crippen LogP contribution in [-0.4, -0.2) is 25.3 Å². The Morgan fingerprint density at radius 1 is 1.15 bits per heavy atom. The van der Waals surface area contributed by atoms with Gasteiger partial charge >= 0.3 is 0 Å². The van der Waals surface area contributed by atoms with Crippen LogP contribution >= 0.6 is 0 Å².